The van der Waals surface area contributed by atoms with Crippen LogP contribution in [0.2, 0.25) is 0 Å². The third kappa shape index (κ3) is 3.63. The zero-order chi connectivity index (χ0) is 14.5. The number of hydrogen-bond donors (Lipinski definition) is 2. The van der Waals surface area contributed by atoms with Gasteiger partial charge in [-0.05, 0) is 37.1 Å². The predicted octanol–water partition coefficient (Wildman–Crippen LogP) is 2.90. The summed E-state index contributed by atoms with van der Waals surface area (Å²) in [5.74, 6) is 0.302. The molecular formula is C16H21N3O. The second-order valence-corrected chi connectivity index (χ2v) is 5.20. The van der Waals surface area contributed by atoms with Gasteiger partial charge < -0.3 is 15.3 Å². The molecule has 2 aromatic rings. The van der Waals surface area contributed by atoms with Crippen LogP contribution in [0.1, 0.15) is 12.5 Å². The van der Waals surface area contributed by atoms with Crippen LogP contribution in [0, 0.1) is 0 Å². The molecule has 106 valence electrons. The first-order chi connectivity index (χ1) is 9.56. The van der Waals surface area contributed by atoms with Gasteiger partial charge in [-0.1, -0.05) is 12.1 Å². The molecule has 0 aliphatic rings. The van der Waals surface area contributed by atoms with Gasteiger partial charge in [0, 0.05) is 26.3 Å². The summed E-state index contributed by atoms with van der Waals surface area (Å²) in [7, 11) is 4.04. The summed E-state index contributed by atoms with van der Waals surface area (Å²) in [4.78, 5) is 6.24. The average Bonchev–Trinajstić information content (AvgIpc) is 2.41. The van der Waals surface area contributed by atoms with Crippen LogP contribution in [0.15, 0.2) is 42.7 Å². The number of phenolic OH excluding ortho intramolecular Hbond substituents is 1. The largest absolute Gasteiger partial charge is 0.508 e. The monoisotopic (exact) mass is 271 g/mol. The van der Waals surface area contributed by atoms with Gasteiger partial charge in [0.2, 0.25) is 0 Å². The minimum Gasteiger partial charge on any atom is -0.508 e. The Labute approximate surface area is 120 Å². The molecule has 1 atom stereocenters. The highest BCUT2D eigenvalue weighted by molar-refractivity contribution is 5.68. The van der Waals surface area contributed by atoms with Crippen LogP contribution in [0.25, 0.3) is 0 Å². The second kappa shape index (κ2) is 6.28. The molecule has 2 rings (SSSR count). The highest BCUT2D eigenvalue weighted by Gasteiger charge is 2.08. The van der Waals surface area contributed by atoms with Crippen molar-refractivity contribution in [1.82, 2.24) is 4.98 Å². The van der Waals surface area contributed by atoms with E-state index in [-0.39, 0.29) is 6.04 Å². The molecule has 0 amide bonds. The quantitative estimate of drug-likeness (QED) is 0.878. The summed E-state index contributed by atoms with van der Waals surface area (Å²) < 4.78 is 0. The van der Waals surface area contributed by atoms with Crippen molar-refractivity contribution in [3.8, 4) is 5.75 Å². The molecular weight excluding hydrogens is 250 g/mol. The van der Waals surface area contributed by atoms with Crippen molar-refractivity contribution in [2.75, 3.05) is 24.3 Å². The molecule has 0 spiro atoms. The smallest absolute Gasteiger partial charge is 0.115 e. The summed E-state index contributed by atoms with van der Waals surface area (Å²) in [5.41, 5.74) is 3.35. The van der Waals surface area contributed by atoms with Crippen molar-refractivity contribution in [2.45, 2.75) is 19.4 Å². The molecule has 0 saturated carbocycles. The van der Waals surface area contributed by atoms with Crippen molar-refractivity contribution in [3.63, 3.8) is 0 Å². The number of hydrogen-bond acceptors (Lipinski definition) is 4. The number of aromatic nitrogens is 1. The van der Waals surface area contributed by atoms with Crippen molar-refractivity contribution >= 4 is 11.4 Å². The van der Waals surface area contributed by atoms with Gasteiger partial charge in [0.25, 0.3) is 0 Å². The summed E-state index contributed by atoms with van der Waals surface area (Å²) in [6, 6.07) is 9.61. The normalized spacial score (nSPS) is 11.9. The van der Waals surface area contributed by atoms with Crippen molar-refractivity contribution in [3.05, 3.63) is 48.3 Å². The van der Waals surface area contributed by atoms with Gasteiger partial charge in [-0.3, -0.25) is 4.98 Å². The molecule has 0 bridgehead atoms. The highest BCUT2D eigenvalue weighted by atomic mass is 16.3. The van der Waals surface area contributed by atoms with E-state index in [2.05, 4.69) is 22.1 Å². The van der Waals surface area contributed by atoms with Crippen molar-refractivity contribution in [2.24, 2.45) is 0 Å². The Balaban J connectivity index is 2.04. The van der Waals surface area contributed by atoms with Crippen molar-refractivity contribution in [1.29, 1.82) is 0 Å². The highest BCUT2D eigenvalue weighted by Crippen LogP contribution is 2.23. The summed E-state index contributed by atoms with van der Waals surface area (Å²) >= 11 is 0. The predicted molar refractivity (Wildman–Crippen MR) is 83.5 cm³/mol. The van der Waals surface area contributed by atoms with E-state index in [1.807, 2.05) is 38.5 Å². The topological polar surface area (TPSA) is 48.4 Å². The van der Waals surface area contributed by atoms with Crippen LogP contribution >= 0.6 is 0 Å². The fraction of sp³-hybridized carbons (Fsp3) is 0.312. The Morgan fingerprint density at radius 2 is 1.90 bits per heavy atom. The van der Waals surface area contributed by atoms with Gasteiger partial charge in [-0.2, -0.15) is 0 Å². The molecule has 0 aliphatic carbocycles. The third-order valence-corrected chi connectivity index (χ3v) is 3.16. The number of aromatic hydroxyl groups is 1. The van der Waals surface area contributed by atoms with E-state index >= 15 is 0 Å². The Hall–Kier alpha value is -2.23. The maximum atomic E-state index is 9.29. The summed E-state index contributed by atoms with van der Waals surface area (Å²) in [6.07, 6.45) is 4.54. The molecule has 1 aromatic heterocycles. The van der Waals surface area contributed by atoms with Gasteiger partial charge in [-0.25, -0.2) is 0 Å². The number of anilines is 2. The van der Waals surface area contributed by atoms with Gasteiger partial charge in [0.1, 0.15) is 5.75 Å². The zero-order valence-corrected chi connectivity index (χ0v) is 12.2. The van der Waals surface area contributed by atoms with E-state index in [1.165, 1.54) is 5.56 Å². The lowest BCUT2D eigenvalue weighted by atomic mass is 10.1. The molecule has 4 nitrogen and oxygen atoms in total. The Kier molecular flexibility index (Phi) is 4.45. The molecule has 1 unspecified atom stereocenters. The fourth-order valence-corrected chi connectivity index (χ4v) is 2.19. The van der Waals surface area contributed by atoms with Crippen LogP contribution in [0.4, 0.5) is 11.4 Å². The van der Waals surface area contributed by atoms with Gasteiger partial charge >= 0.3 is 0 Å². The summed E-state index contributed by atoms with van der Waals surface area (Å²) in [5, 5.41) is 12.8. The first-order valence-electron chi connectivity index (χ1n) is 6.72. The van der Waals surface area contributed by atoms with E-state index in [4.69, 9.17) is 0 Å². The maximum Gasteiger partial charge on any atom is 0.115 e. The third-order valence-electron chi connectivity index (χ3n) is 3.16. The van der Waals surface area contributed by atoms with E-state index in [9.17, 15) is 5.11 Å². The van der Waals surface area contributed by atoms with Gasteiger partial charge in [-0.15, -0.1) is 0 Å². The number of nitrogens with one attached hydrogen (secondary N) is 1. The van der Waals surface area contributed by atoms with Crippen LogP contribution in [0.3, 0.4) is 0 Å². The Bertz CT molecular complexity index is 552. The molecule has 2 N–H and O–H groups in total. The molecule has 0 fully saturated rings. The van der Waals surface area contributed by atoms with Gasteiger partial charge in [0.15, 0.2) is 0 Å². The molecule has 1 aromatic carbocycles. The van der Waals surface area contributed by atoms with Gasteiger partial charge in [0.05, 0.1) is 17.6 Å². The lowest BCUT2D eigenvalue weighted by Gasteiger charge is -2.21. The lowest BCUT2D eigenvalue weighted by molar-refractivity contribution is 0.475. The number of pyridine rings is 1. The molecule has 1 heterocycles. The number of benzene rings is 1. The standard InChI is InChI=1S/C16H21N3O/c1-12(10-13-4-6-14(20)7-5-13)18-15-11-17-9-8-16(15)19(2)3/h4-9,11-12,18,20H,10H2,1-3H3. The molecule has 0 saturated heterocycles. The molecule has 20 heavy (non-hydrogen) atoms. The Morgan fingerprint density at radius 1 is 1.20 bits per heavy atom. The molecule has 4 heteroatoms. The lowest BCUT2D eigenvalue weighted by Crippen LogP contribution is -2.20. The number of rotatable bonds is 5. The Morgan fingerprint density at radius 3 is 2.55 bits per heavy atom. The maximum absolute atomic E-state index is 9.29. The van der Waals surface area contributed by atoms with Crippen LogP contribution < -0.4 is 10.2 Å². The SMILES string of the molecule is CC(Cc1ccc(O)cc1)Nc1cnccc1N(C)C. The van der Waals surface area contributed by atoms with Crippen molar-refractivity contribution < 1.29 is 5.11 Å². The van der Waals surface area contributed by atoms with Crippen LogP contribution in [-0.4, -0.2) is 30.2 Å². The first-order valence-corrected chi connectivity index (χ1v) is 6.72. The minimum atomic E-state index is 0.280. The fourth-order valence-electron chi connectivity index (χ4n) is 2.19. The van der Waals surface area contributed by atoms with E-state index in [1.54, 1.807) is 18.3 Å². The van der Waals surface area contributed by atoms with E-state index < -0.39 is 0 Å². The average molecular weight is 271 g/mol. The van der Waals surface area contributed by atoms with E-state index in [0.29, 0.717) is 5.75 Å². The molecule has 0 radical (unpaired) electrons. The second-order valence-electron chi connectivity index (χ2n) is 5.20. The summed E-state index contributed by atoms with van der Waals surface area (Å²) in [6.45, 7) is 2.14. The number of nitrogens with zero attached hydrogens (tertiary/aromatic N) is 2. The zero-order valence-electron chi connectivity index (χ0n) is 12.2. The van der Waals surface area contributed by atoms with Crippen LogP contribution in [-0.2, 0) is 6.42 Å². The number of phenols is 1. The van der Waals surface area contributed by atoms with Crippen LogP contribution in [0.5, 0.6) is 5.75 Å². The van der Waals surface area contributed by atoms with E-state index in [0.717, 1.165) is 17.8 Å². The first kappa shape index (κ1) is 14.2. The minimum absolute atomic E-state index is 0.280. The molecule has 0 aliphatic heterocycles.